The van der Waals surface area contributed by atoms with Crippen LogP contribution in [0, 0.1) is 12.8 Å². The number of carbonyl (C=O) groups excluding carboxylic acids is 2. The predicted molar refractivity (Wildman–Crippen MR) is 100 cm³/mol. The highest BCUT2D eigenvalue weighted by Gasteiger charge is 2.21. The van der Waals surface area contributed by atoms with Crippen molar-refractivity contribution in [1.82, 2.24) is 20.2 Å². The number of thiophene rings is 1. The second-order valence-electron chi connectivity index (χ2n) is 6.91. The third-order valence-corrected chi connectivity index (χ3v) is 5.93. The number of hydrogen-bond donors (Lipinski definition) is 2. The standard InChI is InChI=1S/C19H20N4O2S/c1-11-3-4-15-13(7-11)9-16(26-15)19(25)22-21-18(24)14-10-23-6-5-12(2)8-17(23)20-14/h5-6,8-11H,3-4,7H2,1-2H3,(H,21,24)(H,22,25)/t11-/m0/s1. The predicted octanol–water partition coefficient (Wildman–Crippen LogP) is 2.90. The molecular weight excluding hydrogens is 348 g/mol. The fourth-order valence-corrected chi connectivity index (χ4v) is 4.35. The maximum atomic E-state index is 12.4. The zero-order valence-electron chi connectivity index (χ0n) is 14.7. The van der Waals surface area contributed by atoms with Crippen LogP contribution in [0.15, 0.2) is 30.6 Å². The van der Waals surface area contributed by atoms with Crippen molar-refractivity contribution < 1.29 is 9.59 Å². The van der Waals surface area contributed by atoms with Crippen LogP contribution >= 0.6 is 11.3 Å². The minimum absolute atomic E-state index is 0.259. The first kappa shape index (κ1) is 16.8. The van der Waals surface area contributed by atoms with Gasteiger partial charge >= 0.3 is 0 Å². The Kier molecular flexibility index (Phi) is 4.24. The molecule has 2 N–H and O–H groups in total. The van der Waals surface area contributed by atoms with Crippen LogP contribution in [0.5, 0.6) is 0 Å². The van der Waals surface area contributed by atoms with Crippen LogP contribution in [0.1, 0.15) is 49.5 Å². The number of fused-ring (bicyclic) bond motifs is 2. The van der Waals surface area contributed by atoms with Gasteiger partial charge in [0, 0.05) is 17.3 Å². The molecule has 1 atom stereocenters. The van der Waals surface area contributed by atoms with Gasteiger partial charge in [0.2, 0.25) is 0 Å². The maximum absolute atomic E-state index is 12.4. The van der Waals surface area contributed by atoms with Crippen LogP contribution < -0.4 is 10.9 Å². The first-order valence-electron chi connectivity index (χ1n) is 8.67. The van der Waals surface area contributed by atoms with Crippen molar-refractivity contribution in [2.24, 2.45) is 5.92 Å². The highest BCUT2D eigenvalue weighted by Crippen LogP contribution is 2.32. The lowest BCUT2D eigenvalue weighted by Gasteiger charge is -2.16. The zero-order valence-corrected chi connectivity index (χ0v) is 15.5. The Morgan fingerprint density at radius 1 is 1.27 bits per heavy atom. The number of aryl methyl sites for hydroxylation is 2. The Balaban J connectivity index is 1.43. The number of hydrogen-bond acceptors (Lipinski definition) is 4. The second-order valence-corrected chi connectivity index (χ2v) is 8.05. The summed E-state index contributed by atoms with van der Waals surface area (Å²) >= 11 is 1.52. The highest BCUT2D eigenvalue weighted by atomic mass is 32.1. The van der Waals surface area contributed by atoms with E-state index in [0.717, 1.165) is 18.4 Å². The van der Waals surface area contributed by atoms with Crippen LogP contribution in [-0.4, -0.2) is 21.2 Å². The largest absolute Gasteiger partial charge is 0.306 e. The number of amides is 2. The molecule has 0 saturated carbocycles. The van der Waals surface area contributed by atoms with Gasteiger partial charge in [-0.2, -0.15) is 0 Å². The Morgan fingerprint density at radius 2 is 2.08 bits per heavy atom. The third-order valence-electron chi connectivity index (χ3n) is 4.69. The van der Waals surface area contributed by atoms with Gasteiger partial charge in [-0.15, -0.1) is 11.3 Å². The van der Waals surface area contributed by atoms with E-state index >= 15 is 0 Å². The molecule has 0 bridgehead atoms. The summed E-state index contributed by atoms with van der Waals surface area (Å²) in [5, 5.41) is 0. The number of nitrogens with one attached hydrogen (secondary N) is 2. The molecule has 3 aromatic rings. The summed E-state index contributed by atoms with van der Waals surface area (Å²) in [6.45, 7) is 4.20. The summed E-state index contributed by atoms with van der Waals surface area (Å²) in [6, 6.07) is 5.79. The summed E-state index contributed by atoms with van der Waals surface area (Å²) in [5.41, 5.74) is 8.24. The van der Waals surface area contributed by atoms with Gasteiger partial charge in [0.25, 0.3) is 11.8 Å². The monoisotopic (exact) mass is 368 g/mol. The van der Waals surface area contributed by atoms with Crippen molar-refractivity contribution in [3.63, 3.8) is 0 Å². The third kappa shape index (κ3) is 3.22. The Hall–Kier alpha value is -2.67. The number of pyridine rings is 1. The minimum Gasteiger partial charge on any atom is -0.306 e. The Labute approximate surface area is 155 Å². The molecule has 134 valence electrons. The van der Waals surface area contributed by atoms with Gasteiger partial charge < -0.3 is 4.40 Å². The number of carbonyl (C=O) groups is 2. The fraction of sp³-hybridized carbons (Fsp3) is 0.316. The molecule has 6 nitrogen and oxygen atoms in total. The average molecular weight is 368 g/mol. The van der Waals surface area contributed by atoms with Crippen molar-refractivity contribution in [2.75, 3.05) is 0 Å². The molecule has 3 aromatic heterocycles. The van der Waals surface area contributed by atoms with Crippen molar-refractivity contribution >= 4 is 28.8 Å². The molecule has 0 fully saturated rings. The SMILES string of the molecule is Cc1ccn2cc(C(=O)NNC(=O)c3cc4c(s3)CC[C@H](C)C4)nc2c1. The molecule has 2 amide bonds. The summed E-state index contributed by atoms with van der Waals surface area (Å²) < 4.78 is 1.78. The highest BCUT2D eigenvalue weighted by molar-refractivity contribution is 7.14. The van der Waals surface area contributed by atoms with E-state index in [1.54, 1.807) is 10.6 Å². The summed E-state index contributed by atoms with van der Waals surface area (Å²) in [6.07, 6.45) is 6.71. The summed E-state index contributed by atoms with van der Waals surface area (Å²) in [5.74, 6) is -0.0638. The molecule has 0 radical (unpaired) electrons. The summed E-state index contributed by atoms with van der Waals surface area (Å²) in [7, 11) is 0. The second kappa shape index (κ2) is 6.57. The average Bonchev–Trinajstić information content (AvgIpc) is 3.22. The van der Waals surface area contributed by atoms with Crippen molar-refractivity contribution in [3.05, 3.63) is 57.2 Å². The lowest BCUT2D eigenvalue weighted by Crippen LogP contribution is -2.41. The molecular formula is C19H20N4O2S. The molecule has 3 heterocycles. The molecule has 0 unspecified atom stereocenters. The quantitative estimate of drug-likeness (QED) is 0.683. The number of hydrazine groups is 1. The number of aromatic nitrogens is 2. The molecule has 4 rings (SSSR count). The van der Waals surface area contributed by atoms with Crippen LogP contribution in [0.25, 0.3) is 5.65 Å². The van der Waals surface area contributed by atoms with Gasteiger partial charge in [0.15, 0.2) is 0 Å². The first-order chi connectivity index (χ1) is 12.5. The van der Waals surface area contributed by atoms with E-state index in [9.17, 15) is 9.59 Å². The van der Waals surface area contributed by atoms with Gasteiger partial charge in [0.1, 0.15) is 11.3 Å². The van der Waals surface area contributed by atoms with Crippen molar-refractivity contribution in [2.45, 2.75) is 33.1 Å². The first-order valence-corrected chi connectivity index (χ1v) is 9.49. The molecule has 0 saturated heterocycles. The lowest BCUT2D eigenvalue weighted by molar-refractivity contribution is 0.0846. The Morgan fingerprint density at radius 3 is 2.92 bits per heavy atom. The molecule has 7 heteroatoms. The minimum atomic E-state index is -0.436. The molecule has 0 aliphatic heterocycles. The van der Waals surface area contributed by atoms with E-state index in [2.05, 4.69) is 22.8 Å². The van der Waals surface area contributed by atoms with Crippen LogP contribution in [0.3, 0.4) is 0 Å². The summed E-state index contributed by atoms with van der Waals surface area (Å²) in [4.78, 5) is 30.8. The van der Waals surface area contributed by atoms with E-state index < -0.39 is 5.91 Å². The van der Waals surface area contributed by atoms with E-state index in [1.807, 2.05) is 31.3 Å². The lowest BCUT2D eigenvalue weighted by atomic mass is 9.90. The van der Waals surface area contributed by atoms with Crippen LogP contribution in [-0.2, 0) is 12.8 Å². The van der Waals surface area contributed by atoms with Gasteiger partial charge in [-0.3, -0.25) is 20.4 Å². The molecule has 1 aliphatic rings. The normalized spacial score (nSPS) is 16.3. The van der Waals surface area contributed by atoms with Gasteiger partial charge in [0.05, 0.1) is 4.88 Å². The molecule has 0 spiro atoms. The van der Waals surface area contributed by atoms with Gasteiger partial charge in [-0.25, -0.2) is 4.98 Å². The maximum Gasteiger partial charge on any atom is 0.289 e. The number of nitrogens with zero attached hydrogens (tertiary/aromatic N) is 2. The van der Waals surface area contributed by atoms with Crippen molar-refractivity contribution in [3.8, 4) is 0 Å². The molecule has 0 aromatic carbocycles. The van der Waals surface area contributed by atoms with E-state index in [0.29, 0.717) is 16.4 Å². The van der Waals surface area contributed by atoms with Gasteiger partial charge in [-0.05, 0) is 61.4 Å². The molecule has 1 aliphatic carbocycles. The zero-order chi connectivity index (χ0) is 18.3. The topological polar surface area (TPSA) is 75.5 Å². The number of imidazole rings is 1. The van der Waals surface area contributed by atoms with E-state index in [4.69, 9.17) is 0 Å². The van der Waals surface area contributed by atoms with E-state index in [-0.39, 0.29) is 11.6 Å². The van der Waals surface area contributed by atoms with E-state index in [1.165, 1.54) is 28.2 Å². The smallest absolute Gasteiger partial charge is 0.289 e. The van der Waals surface area contributed by atoms with Crippen LogP contribution in [0.4, 0.5) is 0 Å². The van der Waals surface area contributed by atoms with Crippen molar-refractivity contribution in [1.29, 1.82) is 0 Å². The van der Waals surface area contributed by atoms with Gasteiger partial charge in [-0.1, -0.05) is 6.92 Å². The molecule has 26 heavy (non-hydrogen) atoms. The fourth-order valence-electron chi connectivity index (χ4n) is 3.25. The Bertz CT molecular complexity index is 1000. The van der Waals surface area contributed by atoms with Crippen LogP contribution in [0.2, 0.25) is 0 Å². The number of rotatable bonds is 2.